The van der Waals surface area contributed by atoms with Gasteiger partial charge in [-0.3, -0.25) is 9.78 Å². The number of rotatable bonds is 5. The van der Waals surface area contributed by atoms with E-state index in [-0.39, 0.29) is 17.8 Å². The van der Waals surface area contributed by atoms with Crippen LogP contribution in [0.4, 0.5) is 4.39 Å². The van der Waals surface area contributed by atoms with Crippen LogP contribution in [0.15, 0.2) is 42.9 Å². The van der Waals surface area contributed by atoms with Crippen LogP contribution in [0.5, 0.6) is 0 Å². The molecular weight excluding hydrogens is 379 g/mol. The fourth-order valence-electron chi connectivity index (χ4n) is 4.66. The molecule has 0 radical (unpaired) electrons. The van der Waals surface area contributed by atoms with Gasteiger partial charge in [0.25, 0.3) is 5.91 Å². The Labute approximate surface area is 176 Å². The summed E-state index contributed by atoms with van der Waals surface area (Å²) in [6.07, 6.45) is 9.88. The molecule has 3 aromatic rings. The maximum Gasteiger partial charge on any atom is 0.254 e. The Kier molecular flexibility index (Phi) is 6.02. The van der Waals surface area contributed by atoms with Crippen LogP contribution in [0, 0.1) is 18.7 Å². The third-order valence-corrected chi connectivity index (χ3v) is 6.34. The Balaban J connectivity index is 1.43. The third-order valence-electron chi connectivity index (χ3n) is 6.34. The first-order chi connectivity index (χ1) is 14.6. The van der Waals surface area contributed by atoms with Crippen LogP contribution in [0.3, 0.4) is 0 Å². The van der Waals surface area contributed by atoms with Crippen molar-refractivity contribution in [3.63, 3.8) is 0 Å². The van der Waals surface area contributed by atoms with E-state index in [0.717, 1.165) is 37.5 Å². The molecule has 1 amide bonds. The molecule has 6 heteroatoms. The number of carbonyl (C=O) groups is 1. The summed E-state index contributed by atoms with van der Waals surface area (Å²) in [6, 6.07) is 7.34. The van der Waals surface area contributed by atoms with Crippen LogP contribution >= 0.6 is 0 Å². The van der Waals surface area contributed by atoms with Crippen molar-refractivity contribution in [3.8, 4) is 0 Å². The van der Waals surface area contributed by atoms with Crippen LogP contribution in [-0.4, -0.2) is 26.9 Å². The average Bonchev–Trinajstić information content (AvgIpc) is 2.78. The second kappa shape index (κ2) is 8.86. The number of aryl methyl sites for hydroxylation is 1. The fourth-order valence-corrected chi connectivity index (χ4v) is 4.66. The van der Waals surface area contributed by atoms with Gasteiger partial charge in [-0.2, -0.15) is 0 Å². The van der Waals surface area contributed by atoms with Gasteiger partial charge in [-0.25, -0.2) is 14.4 Å². The van der Waals surface area contributed by atoms with Crippen LogP contribution in [0.1, 0.15) is 66.7 Å². The second-order valence-electron chi connectivity index (χ2n) is 8.16. The number of aromatic nitrogens is 3. The lowest BCUT2D eigenvalue weighted by Gasteiger charge is -2.34. The SMILES string of the molecule is CC[C@H](NC(=O)c1cnc(C)nc1)[C@H]1CC[C@@H](c2ccnc3c(F)cccc32)CC1. The molecular formula is C24H27FN4O. The number of fused-ring (bicyclic) bond motifs is 1. The highest BCUT2D eigenvalue weighted by Crippen LogP contribution is 2.40. The molecule has 1 aromatic carbocycles. The number of hydrogen-bond acceptors (Lipinski definition) is 4. The van der Waals surface area contributed by atoms with E-state index in [9.17, 15) is 9.18 Å². The fraction of sp³-hybridized carbons (Fsp3) is 0.417. The Morgan fingerprint density at radius 3 is 2.57 bits per heavy atom. The standard InChI is InChI=1S/C24H27FN4O/c1-3-22(29-24(30)18-13-27-15(2)28-14-18)17-9-7-16(8-10-17)19-11-12-26-23-20(19)5-4-6-21(23)25/h4-6,11-14,16-17,22H,3,7-10H2,1-2H3,(H,29,30)/t16-,17+,22-/m0/s1. The summed E-state index contributed by atoms with van der Waals surface area (Å²) in [5, 5.41) is 4.10. The van der Waals surface area contributed by atoms with E-state index < -0.39 is 0 Å². The van der Waals surface area contributed by atoms with Crippen molar-refractivity contribution in [2.45, 2.75) is 57.9 Å². The number of hydrogen-bond donors (Lipinski definition) is 1. The van der Waals surface area contributed by atoms with Crippen molar-refractivity contribution in [2.75, 3.05) is 0 Å². The third kappa shape index (κ3) is 4.18. The van der Waals surface area contributed by atoms with Gasteiger partial charge in [0.15, 0.2) is 0 Å². The normalized spacial score (nSPS) is 20.1. The van der Waals surface area contributed by atoms with Crippen LogP contribution < -0.4 is 5.32 Å². The molecule has 0 unspecified atom stereocenters. The topological polar surface area (TPSA) is 67.8 Å². The number of pyridine rings is 1. The van der Waals surface area contributed by atoms with Gasteiger partial charge in [-0.1, -0.05) is 19.1 Å². The molecule has 30 heavy (non-hydrogen) atoms. The minimum Gasteiger partial charge on any atom is -0.349 e. The summed E-state index contributed by atoms with van der Waals surface area (Å²) in [5.41, 5.74) is 2.14. The number of benzene rings is 1. The summed E-state index contributed by atoms with van der Waals surface area (Å²) in [7, 11) is 0. The van der Waals surface area contributed by atoms with Crippen molar-refractivity contribution in [3.05, 3.63) is 65.6 Å². The smallest absolute Gasteiger partial charge is 0.254 e. The summed E-state index contributed by atoms with van der Waals surface area (Å²) < 4.78 is 14.1. The molecule has 156 valence electrons. The lowest BCUT2D eigenvalue weighted by molar-refractivity contribution is 0.0908. The lowest BCUT2D eigenvalue weighted by Crippen LogP contribution is -2.41. The molecule has 5 nitrogen and oxygen atoms in total. The maximum absolute atomic E-state index is 14.1. The molecule has 1 atom stereocenters. The predicted octanol–water partition coefficient (Wildman–Crippen LogP) is 4.95. The Bertz CT molecular complexity index is 1030. The number of nitrogens with zero attached hydrogens (tertiary/aromatic N) is 3. The molecule has 1 aliphatic rings. The van der Waals surface area contributed by atoms with Crippen molar-refractivity contribution in [2.24, 2.45) is 5.92 Å². The quantitative estimate of drug-likeness (QED) is 0.651. The molecule has 0 saturated heterocycles. The molecule has 2 heterocycles. The first kappa shape index (κ1) is 20.4. The lowest BCUT2D eigenvalue weighted by atomic mass is 9.75. The predicted molar refractivity (Wildman–Crippen MR) is 115 cm³/mol. The zero-order valence-electron chi connectivity index (χ0n) is 17.4. The van der Waals surface area contributed by atoms with Gasteiger partial charge in [0.05, 0.1) is 5.56 Å². The largest absolute Gasteiger partial charge is 0.349 e. The second-order valence-corrected chi connectivity index (χ2v) is 8.16. The van der Waals surface area contributed by atoms with E-state index in [2.05, 4.69) is 27.2 Å². The Morgan fingerprint density at radius 1 is 1.13 bits per heavy atom. The zero-order chi connectivity index (χ0) is 21.1. The number of halogens is 1. The molecule has 0 bridgehead atoms. The summed E-state index contributed by atoms with van der Waals surface area (Å²) >= 11 is 0. The molecule has 1 fully saturated rings. The van der Waals surface area contributed by atoms with E-state index in [1.54, 1.807) is 31.6 Å². The maximum atomic E-state index is 14.1. The van der Waals surface area contributed by atoms with Crippen LogP contribution in [0.2, 0.25) is 0 Å². The summed E-state index contributed by atoms with van der Waals surface area (Å²) in [5.74, 6) is 1.11. The van der Waals surface area contributed by atoms with E-state index in [4.69, 9.17) is 0 Å². The molecule has 2 aromatic heterocycles. The van der Waals surface area contributed by atoms with Crippen LogP contribution in [-0.2, 0) is 0 Å². The van der Waals surface area contributed by atoms with Crippen molar-refractivity contribution < 1.29 is 9.18 Å². The number of carbonyl (C=O) groups excluding carboxylic acids is 1. The highest BCUT2D eigenvalue weighted by molar-refractivity contribution is 5.93. The molecule has 0 aliphatic heterocycles. The summed E-state index contributed by atoms with van der Waals surface area (Å²) in [6.45, 7) is 3.91. The van der Waals surface area contributed by atoms with Gasteiger partial charge < -0.3 is 5.32 Å². The highest BCUT2D eigenvalue weighted by Gasteiger charge is 2.29. The Hall–Kier alpha value is -2.89. The minimum absolute atomic E-state index is 0.112. The van der Waals surface area contributed by atoms with E-state index >= 15 is 0 Å². The Morgan fingerprint density at radius 2 is 1.87 bits per heavy atom. The monoisotopic (exact) mass is 406 g/mol. The minimum atomic E-state index is -0.267. The molecule has 0 spiro atoms. The van der Waals surface area contributed by atoms with Gasteiger partial charge in [-0.05, 0) is 68.6 Å². The molecule has 1 N–H and O–H groups in total. The molecule has 1 aliphatic carbocycles. The van der Waals surface area contributed by atoms with Gasteiger partial charge in [0, 0.05) is 30.0 Å². The van der Waals surface area contributed by atoms with Gasteiger partial charge >= 0.3 is 0 Å². The highest BCUT2D eigenvalue weighted by atomic mass is 19.1. The average molecular weight is 407 g/mol. The molecule has 1 saturated carbocycles. The van der Waals surface area contributed by atoms with E-state index in [1.807, 2.05) is 12.1 Å². The van der Waals surface area contributed by atoms with Gasteiger partial charge in [0.2, 0.25) is 0 Å². The number of nitrogens with one attached hydrogen (secondary N) is 1. The van der Waals surface area contributed by atoms with Crippen molar-refractivity contribution in [1.29, 1.82) is 0 Å². The number of amides is 1. The van der Waals surface area contributed by atoms with Gasteiger partial charge in [0.1, 0.15) is 17.2 Å². The first-order valence-corrected chi connectivity index (χ1v) is 10.7. The summed E-state index contributed by atoms with van der Waals surface area (Å²) in [4.78, 5) is 25.1. The van der Waals surface area contributed by atoms with Crippen molar-refractivity contribution >= 4 is 16.8 Å². The van der Waals surface area contributed by atoms with Crippen LogP contribution in [0.25, 0.3) is 10.9 Å². The molecule has 4 rings (SSSR count). The van der Waals surface area contributed by atoms with E-state index in [0.29, 0.717) is 28.7 Å². The zero-order valence-corrected chi connectivity index (χ0v) is 17.4. The van der Waals surface area contributed by atoms with Gasteiger partial charge in [-0.15, -0.1) is 0 Å². The number of para-hydroxylation sites is 1. The van der Waals surface area contributed by atoms with Crippen molar-refractivity contribution in [1.82, 2.24) is 20.3 Å². The first-order valence-electron chi connectivity index (χ1n) is 10.7. The van der Waals surface area contributed by atoms with E-state index in [1.165, 1.54) is 11.6 Å².